The zero-order valence-electron chi connectivity index (χ0n) is 18.2. The quantitative estimate of drug-likeness (QED) is 0.289. The number of aliphatic imine (C=N–C) groups is 1. The van der Waals surface area contributed by atoms with Crippen LogP contribution in [0.3, 0.4) is 0 Å². The zero-order chi connectivity index (χ0) is 20.6. The number of furan rings is 1. The molecule has 0 aromatic carbocycles. The number of halogens is 1. The minimum absolute atomic E-state index is 0. The third-order valence-corrected chi connectivity index (χ3v) is 4.28. The van der Waals surface area contributed by atoms with Crippen LogP contribution in [0, 0.1) is 6.92 Å². The summed E-state index contributed by atoms with van der Waals surface area (Å²) in [4.78, 5) is 18.8. The smallest absolute Gasteiger partial charge is 0.242 e. The number of nitrogens with zero attached hydrogens (tertiary/aromatic N) is 2. The lowest BCUT2D eigenvalue weighted by molar-refractivity contribution is -0.121. The van der Waals surface area contributed by atoms with E-state index in [1.807, 2.05) is 46.8 Å². The summed E-state index contributed by atoms with van der Waals surface area (Å²) in [6, 6.07) is 4.08. The molecule has 29 heavy (non-hydrogen) atoms. The molecule has 9 heteroatoms. The topological polar surface area (TPSA) is 91.1 Å². The number of rotatable bonds is 7. The van der Waals surface area contributed by atoms with E-state index in [0.717, 1.165) is 44.4 Å². The molecule has 8 nitrogen and oxygen atoms in total. The molecule has 166 valence electrons. The maximum Gasteiger partial charge on any atom is 0.242 e. The minimum atomic E-state index is -0.267. The Morgan fingerprint density at radius 1 is 1.24 bits per heavy atom. The largest absolute Gasteiger partial charge is 0.465 e. The van der Waals surface area contributed by atoms with E-state index in [9.17, 15) is 4.79 Å². The van der Waals surface area contributed by atoms with Gasteiger partial charge in [-0.25, -0.2) is 4.99 Å². The third kappa shape index (κ3) is 9.35. The van der Waals surface area contributed by atoms with Crippen LogP contribution in [0.5, 0.6) is 0 Å². The summed E-state index contributed by atoms with van der Waals surface area (Å²) < 4.78 is 11.4. The van der Waals surface area contributed by atoms with E-state index in [-0.39, 0.29) is 48.0 Å². The molecule has 1 aliphatic heterocycles. The molecule has 1 aliphatic rings. The number of aryl methyl sites for hydroxylation is 1. The molecule has 1 amide bonds. The molecule has 0 saturated carbocycles. The Kier molecular flexibility index (Phi) is 11.0. The van der Waals surface area contributed by atoms with Gasteiger partial charge < -0.3 is 25.1 Å². The van der Waals surface area contributed by atoms with Crippen molar-refractivity contribution in [2.45, 2.75) is 46.2 Å². The Hall–Kier alpha value is -1.33. The molecular weight excluding hydrogens is 485 g/mol. The highest BCUT2D eigenvalue weighted by molar-refractivity contribution is 14.0. The molecule has 1 fully saturated rings. The number of ether oxygens (including phenoxy) is 1. The van der Waals surface area contributed by atoms with Gasteiger partial charge in [0.15, 0.2) is 5.96 Å². The summed E-state index contributed by atoms with van der Waals surface area (Å²) in [5.74, 6) is 2.34. The predicted molar refractivity (Wildman–Crippen MR) is 126 cm³/mol. The van der Waals surface area contributed by atoms with Gasteiger partial charge in [0.2, 0.25) is 5.91 Å². The van der Waals surface area contributed by atoms with Gasteiger partial charge in [0.25, 0.3) is 0 Å². The molecule has 1 saturated heterocycles. The van der Waals surface area contributed by atoms with Gasteiger partial charge in [-0.1, -0.05) is 0 Å². The monoisotopic (exact) mass is 521 g/mol. The molecule has 1 atom stereocenters. The number of hydrogen-bond acceptors (Lipinski definition) is 5. The maximum atomic E-state index is 12.1. The Morgan fingerprint density at radius 2 is 1.93 bits per heavy atom. The lowest BCUT2D eigenvalue weighted by Crippen LogP contribution is -2.47. The molecule has 1 unspecified atom stereocenters. The Bertz CT molecular complexity index is 651. The number of carbonyl (C=O) groups excluding carboxylic acids is 1. The highest BCUT2D eigenvalue weighted by atomic mass is 127. The van der Waals surface area contributed by atoms with Crippen molar-refractivity contribution in [3.05, 3.63) is 23.7 Å². The van der Waals surface area contributed by atoms with Crippen LogP contribution >= 0.6 is 24.0 Å². The van der Waals surface area contributed by atoms with Crippen molar-refractivity contribution in [1.82, 2.24) is 20.9 Å². The van der Waals surface area contributed by atoms with Crippen LogP contribution in [0.15, 0.2) is 21.5 Å². The second-order valence-electron chi connectivity index (χ2n) is 7.99. The summed E-state index contributed by atoms with van der Waals surface area (Å²) in [6.07, 6.45) is 0. The number of nitrogens with one attached hydrogen (secondary N) is 3. The molecule has 2 heterocycles. The zero-order valence-corrected chi connectivity index (χ0v) is 20.5. The van der Waals surface area contributed by atoms with Crippen LogP contribution in [0.2, 0.25) is 0 Å². The Morgan fingerprint density at radius 3 is 2.48 bits per heavy atom. The van der Waals surface area contributed by atoms with Crippen molar-refractivity contribution in [3.8, 4) is 0 Å². The number of guanidine groups is 1. The van der Waals surface area contributed by atoms with E-state index < -0.39 is 0 Å². The first kappa shape index (κ1) is 25.7. The number of morpholine rings is 1. The van der Waals surface area contributed by atoms with Gasteiger partial charge in [-0.3, -0.25) is 9.69 Å². The molecule has 2 rings (SSSR count). The highest BCUT2D eigenvalue weighted by Crippen LogP contribution is 2.23. The summed E-state index contributed by atoms with van der Waals surface area (Å²) in [6.45, 7) is 14.4. The number of carbonyl (C=O) groups is 1. The molecule has 1 aromatic heterocycles. The van der Waals surface area contributed by atoms with E-state index in [2.05, 4.69) is 25.8 Å². The summed E-state index contributed by atoms with van der Waals surface area (Å²) >= 11 is 0. The van der Waals surface area contributed by atoms with Crippen molar-refractivity contribution in [2.24, 2.45) is 4.99 Å². The van der Waals surface area contributed by atoms with Crippen molar-refractivity contribution in [1.29, 1.82) is 0 Å². The lowest BCUT2D eigenvalue weighted by atomic mass is 10.1. The minimum Gasteiger partial charge on any atom is -0.465 e. The van der Waals surface area contributed by atoms with E-state index in [4.69, 9.17) is 9.15 Å². The van der Waals surface area contributed by atoms with Gasteiger partial charge in [0.05, 0.1) is 19.3 Å². The van der Waals surface area contributed by atoms with Crippen LogP contribution < -0.4 is 16.0 Å². The number of amides is 1. The van der Waals surface area contributed by atoms with Crippen molar-refractivity contribution >= 4 is 35.8 Å². The SMILES string of the molecule is CCNC(=NCC(=O)NC(C)(C)C)NCC(c1ccc(C)o1)N1CCOCC1.I. The van der Waals surface area contributed by atoms with Gasteiger partial charge in [0, 0.05) is 31.7 Å². The van der Waals surface area contributed by atoms with E-state index in [0.29, 0.717) is 12.5 Å². The second kappa shape index (κ2) is 12.4. The van der Waals surface area contributed by atoms with Crippen LogP contribution in [-0.4, -0.2) is 68.2 Å². The Balaban J connectivity index is 0.00000420. The van der Waals surface area contributed by atoms with Gasteiger partial charge >= 0.3 is 0 Å². The molecule has 3 N–H and O–H groups in total. The fourth-order valence-electron chi connectivity index (χ4n) is 3.08. The highest BCUT2D eigenvalue weighted by Gasteiger charge is 2.25. The van der Waals surface area contributed by atoms with Crippen LogP contribution in [0.25, 0.3) is 0 Å². The van der Waals surface area contributed by atoms with Crippen molar-refractivity contribution < 1.29 is 13.9 Å². The predicted octanol–water partition coefficient (Wildman–Crippen LogP) is 2.05. The van der Waals surface area contributed by atoms with Gasteiger partial charge in [-0.05, 0) is 46.8 Å². The maximum absolute atomic E-state index is 12.1. The second-order valence-corrected chi connectivity index (χ2v) is 7.99. The summed E-state index contributed by atoms with van der Waals surface area (Å²) in [5, 5.41) is 9.48. The summed E-state index contributed by atoms with van der Waals surface area (Å²) in [7, 11) is 0. The first-order valence-corrected chi connectivity index (χ1v) is 10.00. The van der Waals surface area contributed by atoms with Gasteiger partial charge in [-0.2, -0.15) is 0 Å². The van der Waals surface area contributed by atoms with Crippen LogP contribution in [0.4, 0.5) is 0 Å². The molecule has 0 aliphatic carbocycles. The first-order valence-electron chi connectivity index (χ1n) is 10.00. The molecular formula is C20H36IN5O3. The first-order chi connectivity index (χ1) is 13.3. The van der Waals surface area contributed by atoms with E-state index in [1.54, 1.807) is 0 Å². The molecule has 1 aromatic rings. The van der Waals surface area contributed by atoms with E-state index >= 15 is 0 Å². The van der Waals surface area contributed by atoms with Crippen molar-refractivity contribution in [3.63, 3.8) is 0 Å². The molecule has 0 bridgehead atoms. The van der Waals surface area contributed by atoms with Crippen LogP contribution in [0.1, 0.15) is 45.3 Å². The summed E-state index contributed by atoms with van der Waals surface area (Å²) in [5.41, 5.74) is -0.267. The average Bonchev–Trinajstić information content (AvgIpc) is 3.05. The van der Waals surface area contributed by atoms with Gasteiger partial charge in [0.1, 0.15) is 18.1 Å². The van der Waals surface area contributed by atoms with Crippen molar-refractivity contribution in [2.75, 3.05) is 45.9 Å². The molecule has 0 radical (unpaired) electrons. The van der Waals surface area contributed by atoms with Crippen LogP contribution in [-0.2, 0) is 9.53 Å². The third-order valence-electron chi connectivity index (χ3n) is 4.28. The lowest BCUT2D eigenvalue weighted by Gasteiger charge is -2.33. The standard InChI is InChI=1S/C20H35N5O3.HI/c1-6-21-19(23-14-18(26)24-20(3,4)5)22-13-16(17-8-7-15(2)28-17)25-9-11-27-12-10-25;/h7-8,16H,6,9-14H2,1-5H3,(H,24,26)(H2,21,22,23);1H. The number of hydrogen-bond donors (Lipinski definition) is 3. The van der Waals surface area contributed by atoms with Gasteiger partial charge in [-0.15, -0.1) is 24.0 Å². The Labute approximate surface area is 191 Å². The normalized spacial score (nSPS) is 16.7. The van der Waals surface area contributed by atoms with E-state index in [1.165, 1.54) is 0 Å². The average molecular weight is 521 g/mol. The fourth-order valence-corrected chi connectivity index (χ4v) is 3.08. The fraction of sp³-hybridized carbons (Fsp3) is 0.700. The molecule has 0 spiro atoms.